The molecule has 0 fully saturated rings. The fourth-order valence-electron chi connectivity index (χ4n) is 0.905. The molecule has 0 radical (unpaired) electrons. The summed E-state index contributed by atoms with van der Waals surface area (Å²) in [6.45, 7) is 2.08. The van der Waals surface area contributed by atoms with Crippen LogP contribution in [0.5, 0.6) is 0 Å². The largest absolute Gasteiger partial charge is 0.400 e. The summed E-state index contributed by atoms with van der Waals surface area (Å²) in [5.41, 5.74) is 12.0. The van der Waals surface area contributed by atoms with E-state index in [1.165, 1.54) is 0 Å². The maximum absolute atomic E-state index is 9.47. The van der Waals surface area contributed by atoms with Crippen LogP contribution >= 0.6 is 23.2 Å². The van der Waals surface area contributed by atoms with E-state index in [0.29, 0.717) is 17.2 Å². The second kappa shape index (κ2) is 7.12. The summed E-state index contributed by atoms with van der Waals surface area (Å²) >= 11 is 11.4. The second-order valence-corrected chi connectivity index (χ2v) is 3.51. The average molecular weight is 239 g/mol. The van der Waals surface area contributed by atoms with Gasteiger partial charge in [-0.25, -0.2) is 0 Å². The molecule has 3 nitrogen and oxygen atoms in total. The van der Waals surface area contributed by atoms with E-state index >= 15 is 0 Å². The Hall–Kier alpha value is -0.220. The Bertz CT molecular complexity index is 239. The third-order valence-electron chi connectivity index (χ3n) is 1.82. The highest BCUT2D eigenvalue weighted by Gasteiger charge is 2.07. The van der Waals surface area contributed by atoms with Crippen LogP contribution in [-0.2, 0) is 0 Å². The number of aliphatic hydroxyl groups excluding tert-OH is 1. The van der Waals surface area contributed by atoms with Gasteiger partial charge in [-0.3, -0.25) is 0 Å². The van der Waals surface area contributed by atoms with Gasteiger partial charge in [-0.1, -0.05) is 18.5 Å². The van der Waals surface area contributed by atoms with Gasteiger partial charge in [-0.2, -0.15) is 0 Å². The molecule has 0 spiro atoms. The summed E-state index contributed by atoms with van der Waals surface area (Å²) in [5.74, 6) is 0.172. The summed E-state index contributed by atoms with van der Waals surface area (Å²) in [5, 5.41) is 9.84. The Morgan fingerprint density at radius 3 is 2.50 bits per heavy atom. The first-order chi connectivity index (χ1) is 6.56. The number of hydrogen-bond acceptors (Lipinski definition) is 3. The van der Waals surface area contributed by atoms with Crippen LogP contribution in [0.4, 0.5) is 0 Å². The molecule has 0 heterocycles. The lowest BCUT2D eigenvalue weighted by atomic mass is 10.1. The van der Waals surface area contributed by atoms with Gasteiger partial charge in [-0.15, -0.1) is 11.6 Å². The first-order valence-electron chi connectivity index (χ1n) is 4.35. The number of allylic oxidation sites excluding steroid dienone is 3. The number of halogens is 2. The minimum absolute atomic E-state index is 0.171. The monoisotopic (exact) mass is 238 g/mol. The predicted molar refractivity (Wildman–Crippen MR) is 61.2 cm³/mol. The molecule has 0 bridgehead atoms. The van der Waals surface area contributed by atoms with Crippen LogP contribution in [-0.4, -0.2) is 23.6 Å². The van der Waals surface area contributed by atoms with Crippen molar-refractivity contribution in [1.82, 2.24) is 0 Å². The van der Waals surface area contributed by atoms with Crippen LogP contribution in [0.3, 0.4) is 0 Å². The van der Waals surface area contributed by atoms with Crippen molar-refractivity contribution in [3.63, 3.8) is 0 Å². The second-order valence-electron chi connectivity index (χ2n) is 2.83. The molecule has 0 aliphatic carbocycles. The Morgan fingerprint density at radius 1 is 1.57 bits per heavy atom. The van der Waals surface area contributed by atoms with Crippen LogP contribution in [0.15, 0.2) is 22.4 Å². The highest BCUT2D eigenvalue weighted by atomic mass is 35.5. The van der Waals surface area contributed by atoms with E-state index in [0.717, 1.165) is 5.57 Å². The number of nitrogens with two attached hydrogens (primary N) is 2. The summed E-state index contributed by atoms with van der Waals surface area (Å²) in [6, 6.07) is 0. The van der Waals surface area contributed by atoms with Crippen LogP contribution in [0.2, 0.25) is 0 Å². The van der Waals surface area contributed by atoms with E-state index in [1.54, 1.807) is 6.08 Å². The predicted octanol–water partition coefficient (Wildman–Crippen LogP) is 1.29. The van der Waals surface area contributed by atoms with Crippen LogP contribution in [0, 0.1) is 0 Å². The lowest BCUT2D eigenvalue weighted by Crippen LogP contribution is -2.21. The van der Waals surface area contributed by atoms with Crippen LogP contribution in [0.1, 0.15) is 13.3 Å². The third-order valence-corrected chi connectivity index (χ3v) is 2.46. The van der Waals surface area contributed by atoms with E-state index in [4.69, 9.17) is 34.7 Å². The molecule has 0 aromatic heterocycles. The molecule has 0 aromatic rings. The molecular formula is C9H16Cl2N2O. The molecule has 5 N–H and O–H groups in total. The van der Waals surface area contributed by atoms with E-state index in [9.17, 15) is 5.11 Å². The van der Waals surface area contributed by atoms with Crippen molar-refractivity contribution in [2.45, 2.75) is 19.4 Å². The summed E-state index contributed by atoms with van der Waals surface area (Å²) in [6.07, 6.45) is 1.62. The molecule has 82 valence electrons. The van der Waals surface area contributed by atoms with Gasteiger partial charge in [0.25, 0.3) is 0 Å². The van der Waals surface area contributed by atoms with Crippen LogP contribution < -0.4 is 11.5 Å². The van der Waals surface area contributed by atoms with Crippen molar-refractivity contribution in [1.29, 1.82) is 0 Å². The van der Waals surface area contributed by atoms with Crippen molar-refractivity contribution in [3.05, 3.63) is 22.4 Å². The Labute approximate surface area is 94.4 Å². The maximum atomic E-state index is 9.47. The molecule has 0 amide bonds. The summed E-state index contributed by atoms with van der Waals surface area (Å²) < 4.78 is 0. The fraction of sp³-hybridized carbons (Fsp3) is 0.556. The molecule has 0 saturated heterocycles. The molecule has 5 heteroatoms. The molecule has 0 saturated carbocycles. The molecule has 0 aliphatic heterocycles. The topological polar surface area (TPSA) is 72.3 Å². The van der Waals surface area contributed by atoms with Gasteiger partial charge in [0.15, 0.2) is 0 Å². The van der Waals surface area contributed by atoms with Gasteiger partial charge < -0.3 is 16.6 Å². The zero-order chi connectivity index (χ0) is 11.1. The smallest absolute Gasteiger partial charge is 0.0875 e. The molecule has 0 rings (SSSR count). The van der Waals surface area contributed by atoms with Gasteiger partial charge in [0.2, 0.25) is 0 Å². The van der Waals surface area contributed by atoms with Gasteiger partial charge in [0.1, 0.15) is 0 Å². The van der Waals surface area contributed by atoms with Crippen LogP contribution in [0.25, 0.3) is 0 Å². The van der Waals surface area contributed by atoms with E-state index in [-0.39, 0.29) is 12.4 Å². The van der Waals surface area contributed by atoms with Crippen molar-refractivity contribution in [2.75, 3.05) is 12.4 Å². The maximum Gasteiger partial charge on any atom is 0.0875 e. The SMILES string of the molecule is CC/C(=C\C(Cl)=C(\N)CCl)C(O)CN. The highest BCUT2D eigenvalue weighted by molar-refractivity contribution is 6.32. The molecular weight excluding hydrogens is 223 g/mol. The lowest BCUT2D eigenvalue weighted by Gasteiger charge is -2.11. The van der Waals surface area contributed by atoms with Crippen molar-refractivity contribution >= 4 is 23.2 Å². The third kappa shape index (κ3) is 4.33. The Morgan fingerprint density at radius 2 is 2.14 bits per heavy atom. The molecule has 1 unspecified atom stereocenters. The molecule has 0 aliphatic rings. The molecule has 1 atom stereocenters. The fourth-order valence-corrected chi connectivity index (χ4v) is 1.32. The first-order valence-corrected chi connectivity index (χ1v) is 5.26. The van der Waals surface area contributed by atoms with E-state index in [2.05, 4.69) is 0 Å². The van der Waals surface area contributed by atoms with Gasteiger partial charge >= 0.3 is 0 Å². The molecule has 0 aromatic carbocycles. The Kier molecular flexibility index (Phi) is 7.01. The van der Waals surface area contributed by atoms with E-state index in [1.807, 2.05) is 6.92 Å². The zero-order valence-electron chi connectivity index (χ0n) is 8.13. The van der Waals surface area contributed by atoms with Crippen molar-refractivity contribution in [3.8, 4) is 0 Å². The minimum Gasteiger partial charge on any atom is -0.400 e. The first kappa shape index (κ1) is 13.8. The number of aliphatic hydroxyl groups is 1. The number of rotatable bonds is 5. The standard InChI is InChI=1S/C9H16Cl2N2O/c1-2-6(9(14)5-12)3-7(11)8(13)4-10/h3,9,14H,2,4-5,12-13H2,1H3/b6-3+,8-7-. The van der Waals surface area contributed by atoms with Gasteiger partial charge in [0.05, 0.1) is 17.0 Å². The lowest BCUT2D eigenvalue weighted by molar-refractivity contribution is 0.215. The normalized spacial score (nSPS) is 16.5. The quantitative estimate of drug-likeness (QED) is 0.500. The zero-order valence-corrected chi connectivity index (χ0v) is 9.65. The molecule has 14 heavy (non-hydrogen) atoms. The summed E-state index contributed by atoms with van der Waals surface area (Å²) in [7, 11) is 0. The summed E-state index contributed by atoms with van der Waals surface area (Å²) in [4.78, 5) is 0. The van der Waals surface area contributed by atoms with Gasteiger partial charge in [-0.05, 0) is 18.1 Å². The van der Waals surface area contributed by atoms with Crippen molar-refractivity contribution in [2.24, 2.45) is 11.5 Å². The highest BCUT2D eigenvalue weighted by Crippen LogP contribution is 2.15. The van der Waals surface area contributed by atoms with Crippen molar-refractivity contribution < 1.29 is 5.11 Å². The van der Waals surface area contributed by atoms with E-state index < -0.39 is 6.10 Å². The average Bonchev–Trinajstić information content (AvgIpc) is 2.22. The Balaban J connectivity index is 4.76. The number of alkyl halides is 1. The van der Waals surface area contributed by atoms with Gasteiger partial charge in [0, 0.05) is 12.2 Å². The minimum atomic E-state index is -0.670. The number of hydrogen-bond donors (Lipinski definition) is 3.